The highest BCUT2D eigenvalue weighted by atomic mass is 28.3. The summed E-state index contributed by atoms with van der Waals surface area (Å²) in [5.41, 5.74) is 3.36. The molecular weight excluding hydrogens is 178 g/mol. The van der Waals surface area contributed by atoms with Crippen LogP contribution in [0.4, 0.5) is 0 Å². The lowest BCUT2D eigenvalue weighted by atomic mass is 10.2. The lowest BCUT2D eigenvalue weighted by Crippen LogP contribution is -2.40. The first-order valence-corrected chi connectivity index (χ1v) is 8.39. The third-order valence-corrected chi connectivity index (χ3v) is 2.74. The quantitative estimate of drug-likeness (QED) is 0.504. The number of morpholine rings is 1. The normalized spacial score (nSPS) is 23.5. The smallest absolute Gasteiger partial charge is 0.129 e. The first kappa shape index (κ1) is 10.8. The van der Waals surface area contributed by atoms with Gasteiger partial charge in [0.05, 0.1) is 13.2 Å². The van der Waals surface area contributed by atoms with Gasteiger partial charge in [-0.25, -0.2) is 0 Å². The van der Waals surface area contributed by atoms with Crippen molar-refractivity contribution in [2.24, 2.45) is 0 Å². The Balaban J connectivity index is 2.27. The molecule has 0 aromatic carbocycles. The van der Waals surface area contributed by atoms with Crippen LogP contribution in [-0.2, 0) is 4.74 Å². The molecular formula is C10H19NOSi. The zero-order valence-electron chi connectivity index (χ0n) is 8.81. The van der Waals surface area contributed by atoms with Gasteiger partial charge in [0.15, 0.2) is 0 Å². The van der Waals surface area contributed by atoms with Crippen LogP contribution in [0.15, 0.2) is 0 Å². The van der Waals surface area contributed by atoms with Crippen molar-refractivity contribution in [1.82, 2.24) is 5.32 Å². The summed E-state index contributed by atoms with van der Waals surface area (Å²) >= 11 is 0. The summed E-state index contributed by atoms with van der Waals surface area (Å²) < 4.78 is 5.35. The minimum Gasteiger partial charge on any atom is -0.378 e. The molecule has 1 atom stereocenters. The van der Waals surface area contributed by atoms with Crippen molar-refractivity contribution in [3.05, 3.63) is 0 Å². The van der Waals surface area contributed by atoms with E-state index in [0.717, 1.165) is 26.2 Å². The molecule has 1 heterocycles. The number of ether oxygens (including phenoxy) is 1. The number of nitrogens with one attached hydrogen (secondary N) is 1. The zero-order valence-corrected chi connectivity index (χ0v) is 9.81. The number of hydrogen-bond donors (Lipinski definition) is 1. The first-order chi connectivity index (χ1) is 6.08. The highest BCUT2D eigenvalue weighted by Gasteiger charge is 2.12. The minimum absolute atomic E-state index is 0.456. The molecule has 2 nitrogen and oxygen atoms in total. The Labute approximate surface area is 82.1 Å². The Hall–Kier alpha value is -0.303. The maximum absolute atomic E-state index is 5.35. The van der Waals surface area contributed by atoms with Crippen LogP contribution in [-0.4, -0.2) is 33.9 Å². The molecule has 1 fully saturated rings. The van der Waals surface area contributed by atoms with Gasteiger partial charge in [0, 0.05) is 19.0 Å². The van der Waals surface area contributed by atoms with Crippen molar-refractivity contribution >= 4 is 8.07 Å². The van der Waals surface area contributed by atoms with Gasteiger partial charge >= 0.3 is 0 Å². The van der Waals surface area contributed by atoms with Gasteiger partial charge in [-0.1, -0.05) is 19.6 Å². The van der Waals surface area contributed by atoms with E-state index in [1.807, 2.05) is 0 Å². The van der Waals surface area contributed by atoms with Crippen LogP contribution in [0.3, 0.4) is 0 Å². The summed E-state index contributed by atoms with van der Waals surface area (Å²) in [5.74, 6) is 3.26. The van der Waals surface area contributed by atoms with E-state index in [0.29, 0.717) is 6.04 Å². The second-order valence-electron chi connectivity index (χ2n) is 4.48. The fourth-order valence-corrected chi connectivity index (χ4v) is 1.82. The summed E-state index contributed by atoms with van der Waals surface area (Å²) in [4.78, 5) is 0. The Bertz CT molecular complexity index is 205. The average Bonchev–Trinajstić information content (AvgIpc) is 2.04. The maximum atomic E-state index is 5.35. The molecule has 1 rings (SSSR count). The molecule has 1 saturated heterocycles. The van der Waals surface area contributed by atoms with Gasteiger partial charge in [-0.3, -0.25) is 0 Å². The number of rotatable bonds is 1. The average molecular weight is 197 g/mol. The van der Waals surface area contributed by atoms with Gasteiger partial charge in [-0.05, 0) is 0 Å². The molecule has 0 bridgehead atoms. The van der Waals surface area contributed by atoms with E-state index in [4.69, 9.17) is 4.74 Å². The van der Waals surface area contributed by atoms with E-state index in [-0.39, 0.29) is 0 Å². The minimum atomic E-state index is -1.17. The Morgan fingerprint density at radius 3 is 2.77 bits per heavy atom. The summed E-state index contributed by atoms with van der Waals surface area (Å²) in [6.07, 6.45) is 0.935. The summed E-state index contributed by atoms with van der Waals surface area (Å²) in [5, 5.41) is 3.39. The van der Waals surface area contributed by atoms with Crippen molar-refractivity contribution in [2.75, 3.05) is 19.8 Å². The molecule has 0 aromatic heterocycles. The first-order valence-electron chi connectivity index (χ1n) is 4.89. The van der Waals surface area contributed by atoms with Crippen molar-refractivity contribution in [3.63, 3.8) is 0 Å². The predicted octanol–water partition coefficient (Wildman–Crippen LogP) is 1.25. The predicted molar refractivity (Wildman–Crippen MR) is 58.3 cm³/mol. The Kier molecular flexibility index (Phi) is 3.98. The third-order valence-electron chi connectivity index (χ3n) is 1.81. The molecule has 0 aliphatic carbocycles. The Morgan fingerprint density at radius 2 is 2.23 bits per heavy atom. The van der Waals surface area contributed by atoms with E-state index in [9.17, 15) is 0 Å². The van der Waals surface area contributed by atoms with Crippen LogP contribution in [0.5, 0.6) is 0 Å². The maximum Gasteiger partial charge on any atom is 0.129 e. The van der Waals surface area contributed by atoms with Crippen LogP contribution in [0.2, 0.25) is 19.6 Å². The van der Waals surface area contributed by atoms with Crippen LogP contribution < -0.4 is 5.32 Å². The van der Waals surface area contributed by atoms with E-state index in [1.165, 1.54) is 0 Å². The second kappa shape index (κ2) is 4.80. The summed E-state index contributed by atoms with van der Waals surface area (Å²) in [6.45, 7) is 9.44. The lowest BCUT2D eigenvalue weighted by molar-refractivity contribution is 0.0784. The standard InChI is InChI=1S/C10H19NOSi/c1-13(2,3)8-4-5-10-9-12-7-6-11-10/h10-11H,5-7,9H2,1-3H3. The van der Waals surface area contributed by atoms with Crippen molar-refractivity contribution in [3.8, 4) is 11.5 Å². The monoisotopic (exact) mass is 197 g/mol. The lowest BCUT2D eigenvalue weighted by Gasteiger charge is -2.21. The van der Waals surface area contributed by atoms with Gasteiger partial charge in [0.1, 0.15) is 8.07 Å². The van der Waals surface area contributed by atoms with E-state index in [2.05, 4.69) is 36.4 Å². The molecule has 74 valence electrons. The highest BCUT2D eigenvalue weighted by Crippen LogP contribution is 2.00. The molecule has 1 aliphatic heterocycles. The van der Waals surface area contributed by atoms with Crippen molar-refractivity contribution < 1.29 is 4.74 Å². The van der Waals surface area contributed by atoms with Gasteiger partial charge in [0.2, 0.25) is 0 Å². The van der Waals surface area contributed by atoms with Gasteiger partial charge < -0.3 is 10.1 Å². The third kappa shape index (κ3) is 5.09. The van der Waals surface area contributed by atoms with E-state index < -0.39 is 8.07 Å². The number of hydrogen-bond acceptors (Lipinski definition) is 2. The van der Waals surface area contributed by atoms with Crippen LogP contribution in [0.1, 0.15) is 6.42 Å². The highest BCUT2D eigenvalue weighted by molar-refractivity contribution is 6.83. The fraction of sp³-hybridized carbons (Fsp3) is 0.800. The molecule has 0 aromatic rings. The molecule has 1 unspecified atom stereocenters. The van der Waals surface area contributed by atoms with Gasteiger partial charge in [-0.2, -0.15) is 0 Å². The largest absolute Gasteiger partial charge is 0.378 e. The van der Waals surface area contributed by atoms with Crippen LogP contribution in [0, 0.1) is 11.5 Å². The molecule has 0 radical (unpaired) electrons. The molecule has 0 spiro atoms. The summed E-state index contributed by atoms with van der Waals surface area (Å²) in [7, 11) is -1.17. The fourth-order valence-electron chi connectivity index (χ4n) is 1.19. The zero-order chi connectivity index (χ0) is 9.73. The van der Waals surface area contributed by atoms with Crippen LogP contribution in [0.25, 0.3) is 0 Å². The molecule has 0 saturated carbocycles. The topological polar surface area (TPSA) is 21.3 Å². The summed E-state index contributed by atoms with van der Waals surface area (Å²) in [6, 6.07) is 0.456. The molecule has 3 heteroatoms. The van der Waals surface area contributed by atoms with E-state index >= 15 is 0 Å². The SMILES string of the molecule is C[Si](C)(C)C#CCC1COCCN1. The van der Waals surface area contributed by atoms with Gasteiger partial charge in [0.25, 0.3) is 0 Å². The van der Waals surface area contributed by atoms with E-state index in [1.54, 1.807) is 0 Å². The molecule has 13 heavy (non-hydrogen) atoms. The van der Waals surface area contributed by atoms with Gasteiger partial charge in [-0.15, -0.1) is 11.5 Å². The van der Waals surface area contributed by atoms with Crippen molar-refractivity contribution in [2.45, 2.75) is 32.1 Å². The molecule has 1 aliphatic rings. The van der Waals surface area contributed by atoms with Crippen LogP contribution >= 0.6 is 0 Å². The van der Waals surface area contributed by atoms with Crippen molar-refractivity contribution in [1.29, 1.82) is 0 Å². The molecule has 0 amide bonds. The molecule has 1 N–H and O–H groups in total. The Morgan fingerprint density at radius 1 is 1.46 bits per heavy atom. The second-order valence-corrected chi connectivity index (χ2v) is 9.23.